The molecule has 1 aromatic heterocycles. The number of benzene rings is 1. The van der Waals surface area contributed by atoms with Crippen LogP contribution >= 0.6 is 0 Å². The second-order valence-electron chi connectivity index (χ2n) is 5.41. The van der Waals surface area contributed by atoms with E-state index in [2.05, 4.69) is 0 Å². The summed E-state index contributed by atoms with van der Waals surface area (Å²) in [4.78, 5) is 11.2. The predicted octanol–water partition coefficient (Wildman–Crippen LogP) is 3.56. The maximum atomic E-state index is 11.2. The first-order valence-electron chi connectivity index (χ1n) is 6.06. The van der Waals surface area contributed by atoms with E-state index in [1.807, 2.05) is 20.8 Å². The highest BCUT2D eigenvalue weighted by molar-refractivity contribution is 5.95. The Labute approximate surface area is 112 Å². The Kier molecular flexibility index (Phi) is 3.27. The van der Waals surface area contributed by atoms with Crippen LogP contribution in [-0.2, 0) is 5.41 Å². The average molecular weight is 262 g/mol. The number of ether oxygens (including phenoxy) is 2. The molecule has 4 nitrogen and oxygen atoms in total. The lowest BCUT2D eigenvalue weighted by Crippen LogP contribution is -2.13. The first kappa shape index (κ1) is 13.5. The predicted molar refractivity (Wildman–Crippen MR) is 73.4 cm³/mol. The van der Waals surface area contributed by atoms with Gasteiger partial charge < -0.3 is 13.9 Å². The number of carbonyl (C=O) groups is 1. The molecule has 0 bridgehead atoms. The average Bonchev–Trinajstić information content (AvgIpc) is 2.75. The van der Waals surface area contributed by atoms with Gasteiger partial charge in [0.25, 0.3) is 0 Å². The summed E-state index contributed by atoms with van der Waals surface area (Å²) in [5.74, 6) is 1.63. The van der Waals surface area contributed by atoms with Gasteiger partial charge >= 0.3 is 0 Å². The normalized spacial score (nSPS) is 11.6. The van der Waals surface area contributed by atoms with Crippen LogP contribution in [0.2, 0.25) is 0 Å². The van der Waals surface area contributed by atoms with Crippen molar-refractivity contribution in [1.82, 2.24) is 0 Å². The highest BCUT2D eigenvalue weighted by Gasteiger charge is 2.27. The lowest BCUT2D eigenvalue weighted by molar-refractivity contribution is 0.110. The van der Waals surface area contributed by atoms with E-state index in [9.17, 15) is 4.79 Å². The lowest BCUT2D eigenvalue weighted by atomic mass is 9.84. The number of methoxy groups -OCH3 is 2. The third-order valence-electron chi connectivity index (χ3n) is 3.07. The molecule has 102 valence electrons. The molecular formula is C15H18O4. The van der Waals surface area contributed by atoms with Gasteiger partial charge in [0.15, 0.2) is 12.0 Å². The van der Waals surface area contributed by atoms with Crippen LogP contribution in [0, 0.1) is 0 Å². The van der Waals surface area contributed by atoms with Crippen LogP contribution in [0.15, 0.2) is 16.5 Å². The van der Waals surface area contributed by atoms with Gasteiger partial charge in [0.2, 0.25) is 0 Å². The van der Waals surface area contributed by atoms with E-state index in [1.54, 1.807) is 26.4 Å². The number of fused-ring (bicyclic) bond motifs is 1. The van der Waals surface area contributed by atoms with E-state index in [0.717, 1.165) is 17.2 Å². The number of hydrogen-bond acceptors (Lipinski definition) is 4. The molecule has 0 N–H and O–H groups in total. The summed E-state index contributed by atoms with van der Waals surface area (Å²) < 4.78 is 16.2. The fourth-order valence-corrected chi connectivity index (χ4v) is 2.29. The Morgan fingerprint density at radius 1 is 1.16 bits per heavy atom. The zero-order valence-electron chi connectivity index (χ0n) is 11.9. The maximum absolute atomic E-state index is 11.2. The second-order valence-corrected chi connectivity index (χ2v) is 5.41. The van der Waals surface area contributed by atoms with Crippen molar-refractivity contribution in [2.45, 2.75) is 26.2 Å². The Bertz CT molecular complexity index is 617. The number of carbonyl (C=O) groups excluding carboxylic acids is 1. The van der Waals surface area contributed by atoms with Crippen molar-refractivity contribution in [1.29, 1.82) is 0 Å². The second kappa shape index (κ2) is 4.61. The summed E-state index contributed by atoms with van der Waals surface area (Å²) in [5, 5.41) is 0.831. The van der Waals surface area contributed by atoms with Gasteiger partial charge in [-0.1, -0.05) is 20.8 Å². The SMILES string of the molecule is COc1cc(OC)c2c(C(C)(C)C)c(C=O)oc2c1. The van der Waals surface area contributed by atoms with Gasteiger partial charge in [-0.25, -0.2) is 0 Å². The number of furan rings is 1. The minimum atomic E-state index is -0.219. The van der Waals surface area contributed by atoms with Crippen molar-refractivity contribution in [2.24, 2.45) is 0 Å². The number of rotatable bonds is 3. The molecule has 0 aliphatic carbocycles. The standard InChI is InChI=1S/C15H18O4/c1-15(2,3)14-12(8-16)19-11-7-9(17-4)6-10(18-5)13(11)14/h6-8H,1-5H3. The number of aldehydes is 1. The van der Waals surface area contributed by atoms with E-state index in [1.165, 1.54) is 0 Å². The van der Waals surface area contributed by atoms with Crippen molar-refractivity contribution in [3.8, 4) is 11.5 Å². The van der Waals surface area contributed by atoms with Crippen LogP contribution in [0.1, 0.15) is 36.9 Å². The summed E-state index contributed by atoms with van der Waals surface area (Å²) in [6.07, 6.45) is 0.743. The minimum absolute atomic E-state index is 0.219. The van der Waals surface area contributed by atoms with Crippen molar-refractivity contribution in [2.75, 3.05) is 14.2 Å². The molecule has 2 aromatic rings. The van der Waals surface area contributed by atoms with Crippen LogP contribution in [0.3, 0.4) is 0 Å². The monoisotopic (exact) mass is 262 g/mol. The van der Waals surface area contributed by atoms with E-state index in [4.69, 9.17) is 13.9 Å². The van der Waals surface area contributed by atoms with Crippen molar-refractivity contribution < 1.29 is 18.7 Å². The summed E-state index contributed by atoms with van der Waals surface area (Å²) in [7, 11) is 3.17. The molecule has 0 unspecified atom stereocenters. The summed E-state index contributed by atoms with van der Waals surface area (Å²) in [6.45, 7) is 6.11. The first-order valence-corrected chi connectivity index (χ1v) is 6.06. The van der Waals surface area contributed by atoms with Gasteiger partial charge in [-0.3, -0.25) is 4.79 Å². The first-order chi connectivity index (χ1) is 8.92. The molecule has 0 atom stereocenters. The van der Waals surface area contributed by atoms with Crippen LogP contribution in [-0.4, -0.2) is 20.5 Å². The third-order valence-corrected chi connectivity index (χ3v) is 3.07. The topological polar surface area (TPSA) is 48.7 Å². The zero-order valence-corrected chi connectivity index (χ0v) is 11.9. The minimum Gasteiger partial charge on any atom is -0.496 e. The van der Waals surface area contributed by atoms with E-state index in [0.29, 0.717) is 22.8 Å². The van der Waals surface area contributed by atoms with Gasteiger partial charge in [0.1, 0.15) is 17.1 Å². The third kappa shape index (κ3) is 2.18. The van der Waals surface area contributed by atoms with Gasteiger partial charge in [0.05, 0.1) is 19.6 Å². The van der Waals surface area contributed by atoms with Gasteiger partial charge in [-0.15, -0.1) is 0 Å². The highest BCUT2D eigenvalue weighted by atomic mass is 16.5. The molecule has 0 fully saturated rings. The molecule has 0 aliphatic rings. The molecule has 1 aromatic carbocycles. The Balaban J connectivity index is 2.90. The van der Waals surface area contributed by atoms with E-state index >= 15 is 0 Å². The highest BCUT2D eigenvalue weighted by Crippen LogP contribution is 2.41. The molecular weight excluding hydrogens is 244 g/mol. The Morgan fingerprint density at radius 2 is 1.84 bits per heavy atom. The smallest absolute Gasteiger partial charge is 0.185 e. The Morgan fingerprint density at radius 3 is 2.32 bits per heavy atom. The van der Waals surface area contributed by atoms with Crippen LogP contribution in [0.4, 0.5) is 0 Å². The fraction of sp³-hybridized carbons (Fsp3) is 0.400. The van der Waals surface area contributed by atoms with Crippen LogP contribution in [0.5, 0.6) is 11.5 Å². The van der Waals surface area contributed by atoms with E-state index < -0.39 is 0 Å². The molecule has 4 heteroatoms. The molecule has 0 saturated carbocycles. The largest absolute Gasteiger partial charge is 0.496 e. The van der Waals surface area contributed by atoms with Gasteiger partial charge in [-0.05, 0) is 5.41 Å². The molecule has 0 saturated heterocycles. The quantitative estimate of drug-likeness (QED) is 0.793. The molecule has 0 amide bonds. The zero-order chi connectivity index (χ0) is 14.2. The molecule has 0 spiro atoms. The number of hydrogen-bond donors (Lipinski definition) is 0. The summed E-state index contributed by atoms with van der Waals surface area (Å²) in [6, 6.07) is 3.56. The maximum Gasteiger partial charge on any atom is 0.185 e. The molecule has 1 heterocycles. The molecule has 0 aliphatic heterocycles. The van der Waals surface area contributed by atoms with Crippen molar-refractivity contribution in [3.63, 3.8) is 0 Å². The summed E-state index contributed by atoms with van der Waals surface area (Å²) >= 11 is 0. The summed E-state index contributed by atoms with van der Waals surface area (Å²) in [5.41, 5.74) is 1.24. The molecule has 0 radical (unpaired) electrons. The van der Waals surface area contributed by atoms with Crippen molar-refractivity contribution in [3.05, 3.63) is 23.5 Å². The van der Waals surface area contributed by atoms with Crippen LogP contribution < -0.4 is 9.47 Å². The van der Waals surface area contributed by atoms with Crippen LogP contribution in [0.25, 0.3) is 11.0 Å². The molecule has 19 heavy (non-hydrogen) atoms. The van der Waals surface area contributed by atoms with Gasteiger partial charge in [-0.2, -0.15) is 0 Å². The fourth-order valence-electron chi connectivity index (χ4n) is 2.29. The lowest BCUT2D eigenvalue weighted by Gasteiger charge is -2.18. The van der Waals surface area contributed by atoms with E-state index in [-0.39, 0.29) is 5.41 Å². The Hall–Kier alpha value is -1.97. The van der Waals surface area contributed by atoms with Gasteiger partial charge in [0, 0.05) is 17.7 Å². The van der Waals surface area contributed by atoms with Crippen molar-refractivity contribution >= 4 is 17.3 Å². The molecule has 2 rings (SSSR count).